The van der Waals surface area contributed by atoms with E-state index in [1.807, 2.05) is 48.5 Å². The molecule has 3 N–H and O–H groups in total. The van der Waals surface area contributed by atoms with Crippen LogP contribution in [0.2, 0.25) is 0 Å². The first-order chi connectivity index (χ1) is 17.3. The highest BCUT2D eigenvalue weighted by atomic mass is 32.2. The van der Waals surface area contributed by atoms with Gasteiger partial charge in [-0.1, -0.05) is 36.4 Å². The number of hydrogen-bond acceptors (Lipinski definition) is 6. The van der Waals surface area contributed by atoms with Gasteiger partial charge in [0.1, 0.15) is 17.2 Å². The average molecular weight is 527 g/mol. The van der Waals surface area contributed by atoms with Gasteiger partial charge in [-0.05, 0) is 55.7 Å². The quantitative estimate of drug-likeness (QED) is 0.185. The van der Waals surface area contributed by atoms with Crippen LogP contribution in [0, 0.1) is 0 Å². The Balaban J connectivity index is 1.29. The summed E-state index contributed by atoms with van der Waals surface area (Å²) in [6.07, 6.45) is 1.05. The summed E-state index contributed by atoms with van der Waals surface area (Å²) in [5, 5.41) is 13.8. The molecule has 10 heteroatoms. The lowest BCUT2D eigenvalue weighted by Crippen LogP contribution is -2.40. The summed E-state index contributed by atoms with van der Waals surface area (Å²) in [7, 11) is -4.08. The Bertz CT molecular complexity index is 1470. The van der Waals surface area contributed by atoms with Crippen LogP contribution in [0.3, 0.4) is 0 Å². The van der Waals surface area contributed by atoms with E-state index in [9.17, 15) is 23.1 Å². The van der Waals surface area contributed by atoms with E-state index in [1.54, 1.807) is 12.1 Å². The van der Waals surface area contributed by atoms with E-state index < -0.39 is 22.0 Å². The van der Waals surface area contributed by atoms with Crippen molar-refractivity contribution in [3.8, 4) is 0 Å². The van der Waals surface area contributed by atoms with Crippen molar-refractivity contribution in [2.24, 2.45) is 0 Å². The smallest absolute Gasteiger partial charge is 0.321 e. The van der Waals surface area contributed by atoms with E-state index in [-0.39, 0.29) is 23.0 Å². The number of carbonyl (C=O) groups is 2. The lowest BCUT2D eigenvalue weighted by atomic mass is 10.1. The van der Waals surface area contributed by atoms with Crippen LogP contribution in [0.25, 0.3) is 21.9 Å². The largest absolute Gasteiger partial charge is 0.480 e. The molecule has 4 aromatic rings. The first kappa shape index (κ1) is 25.7. The third-order valence-electron chi connectivity index (χ3n) is 5.61. The van der Waals surface area contributed by atoms with Gasteiger partial charge in [0.05, 0.1) is 10.6 Å². The number of aliphatic carboxylic acids is 1. The van der Waals surface area contributed by atoms with Gasteiger partial charge in [-0.2, -0.15) is 4.72 Å². The Labute approximate surface area is 213 Å². The van der Waals surface area contributed by atoms with Crippen molar-refractivity contribution in [2.75, 3.05) is 12.3 Å². The van der Waals surface area contributed by atoms with Crippen LogP contribution in [0.4, 0.5) is 0 Å². The first-order valence-electron chi connectivity index (χ1n) is 11.4. The van der Waals surface area contributed by atoms with E-state index in [4.69, 9.17) is 4.42 Å². The van der Waals surface area contributed by atoms with Crippen molar-refractivity contribution < 1.29 is 27.5 Å². The molecule has 4 rings (SSSR count). The molecule has 0 aliphatic rings. The molecular weight excluding hydrogens is 500 g/mol. The molecule has 1 atom stereocenters. The van der Waals surface area contributed by atoms with Crippen LogP contribution in [-0.2, 0) is 19.6 Å². The van der Waals surface area contributed by atoms with Gasteiger partial charge in [-0.3, -0.25) is 9.59 Å². The number of thioether (sulfide) groups is 1. The van der Waals surface area contributed by atoms with Crippen LogP contribution < -0.4 is 10.0 Å². The molecule has 0 aliphatic heterocycles. The Kier molecular flexibility index (Phi) is 8.29. The van der Waals surface area contributed by atoms with Gasteiger partial charge >= 0.3 is 5.97 Å². The van der Waals surface area contributed by atoms with Gasteiger partial charge in [0.25, 0.3) is 0 Å². The van der Waals surface area contributed by atoms with Crippen LogP contribution in [-0.4, -0.2) is 43.7 Å². The minimum Gasteiger partial charge on any atom is -0.480 e. The van der Waals surface area contributed by atoms with E-state index >= 15 is 0 Å². The van der Waals surface area contributed by atoms with Gasteiger partial charge < -0.3 is 14.8 Å². The predicted octanol–water partition coefficient (Wildman–Crippen LogP) is 4.40. The Morgan fingerprint density at radius 2 is 1.64 bits per heavy atom. The second-order valence-electron chi connectivity index (χ2n) is 8.22. The lowest BCUT2D eigenvalue weighted by Gasteiger charge is -2.15. The molecule has 1 amide bonds. The number of carboxylic acids is 1. The van der Waals surface area contributed by atoms with E-state index in [1.165, 1.54) is 23.9 Å². The minimum absolute atomic E-state index is 0.0315. The summed E-state index contributed by atoms with van der Waals surface area (Å²) >= 11 is 1.43. The summed E-state index contributed by atoms with van der Waals surface area (Å²) in [4.78, 5) is 24.7. The molecule has 36 heavy (non-hydrogen) atoms. The number of carbonyl (C=O) groups excluding carboxylic acids is 1. The van der Waals surface area contributed by atoms with Crippen molar-refractivity contribution in [1.29, 1.82) is 0 Å². The molecule has 0 saturated heterocycles. The molecular formula is C26H26N2O6S2. The Morgan fingerprint density at radius 3 is 2.42 bits per heavy atom. The van der Waals surface area contributed by atoms with Gasteiger partial charge in [-0.25, -0.2) is 8.42 Å². The molecule has 8 nitrogen and oxygen atoms in total. The number of sulfonamides is 1. The van der Waals surface area contributed by atoms with Crippen LogP contribution in [0.1, 0.15) is 19.3 Å². The average Bonchev–Trinajstić information content (AvgIpc) is 3.25. The summed E-state index contributed by atoms with van der Waals surface area (Å²) < 4.78 is 33.9. The first-order valence-corrected chi connectivity index (χ1v) is 13.9. The second-order valence-corrected chi connectivity index (χ2v) is 11.0. The van der Waals surface area contributed by atoms with Gasteiger partial charge in [-0.15, -0.1) is 11.8 Å². The van der Waals surface area contributed by atoms with Crippen LogP contribution >= 0.6 is 11.8 Å². The number of rotatable bonds is 12. The molecule has 0 aliphatic carbocycles. The zero-order chi connectivity index (χ0) is 25.5. The van der Waals surface area contributed by atoms with Crippen molar-refractivity contribution in [3.63, 3.8) is 0 Å². The van der Waals surface area contributed by atoms with Gasteiger partial charge in [0.2, 0.25) is 15.9 Å². The summed E-state index contributed by atoms with van der Waals surface area (Å²) in [5.74, 6) is -1.07. The number of benzene rings is 3. The molecule has 0 saturated carbocycles. The fourth-order valence-corrected chi connectivity index (χ4v) is 5.78. The topological polar surface area (TPSA) is 126 Å². The standard InChI is InChI=1S/C26H26N2O6S2/c29-25(17-35-18-8-2-1-3-9-18)27-15-7-6-11-22(26(30)31)28-36(32,33)19-13-14-24-21(16-19)20-10-4-5-12-23(20)34-24/h1-5,8-10,12-14,16,22,28H,6-7,11,15,17H2,(H,27,29)(H,30,31). The van der Waals surface area contributed by atoms with E-state index in [0.29, 0.717) is 35.9 Å². The van der Waals surface area contributed by atoms with Crippen molar-refractivity contribution in [3.05, 3.63) is 72.8 Å². The minimum atomic E-state index is -4.08. The molecule has 1 heterocycles. The van der Waals surface area contributed by atoms with Crippen molar-refractivity contribution in [1.82, 2.24) is 10.0 Å². The number of fused-ring (bicyclic) bond motifs is 3. The lowest BCUT2D eigenvalue weighted by molar-refractivity contribution is -0.139. The number of nitrogens with one attached hydrogen (secondary N) is 2. The third-order valence-corrected chi connectivity index (χ3v) is 8.09. The van der Waals surface area contributed by atoms with E-state index in [2.05, 4.69) is 10.0 Å². The fraction of sp³-hybridized carbons (Fsp3) is 0.231. The normalized spacial score (nSPS) is 12.6. The van der Waals surface area contributed by atoms with Crippen LogP contribution in [0.15, 0.2) is 87.0 Å². The van der Waals surface area contributed by atoms with Crippen molar-refractivity contribution in [2.45, 2.75) is 35.1 Å². The molecule has 0 fully saturated rings. The zero-order valence-electron chi connectivity index (χ0n) is 19.3. The molecule has 1 aromatic heterocycles. The maximum atomic E-state index is 13.0. The number of furan rings is 1. The summed E-state index contributed by atoms with van der Waals surface area (Å²) in [6, 6.07) is 20.1. The molecule has 3 aromatic carbocycles. The molecule has 1 unspecified atom stereocenters. The number of para-hydroxylation sites is 1. The zero-order valence-corrected chi connectivity index (χ0v) is 21.0. The Hall–Kier alpha value is -3.34. The number of hydrogen-bond donors (Lipinski definition) is 3. The van der Waals surface area contributed by atoms with Gasteiger partial charge in [0, 0.05) is 22.2 Å². The monoisotopic (exact) mass is 526 g/mol. The van der Waals surface area contributed by atoms with E-state index in [0.717, 1.165) is 10.3 Å². The molecule has 188 valence electrons. The highest BCUT2D eigenvalue weighted by molar-refractivity contribution is 8.00. The molecule has 0 radical (unpaired) electrons. The SMILES string of the molecule is O=C(CSc1ccccc1)NCCCCC(NS(=O)(=O)c1ccc2oc3ccccc3c2c1)C(=O)O. The van der Waals surface area contributed by atoms with Crippen LogP contribution in [0.5, 0.6) is 0 Å². The highest BCUT2D eigenvalue weighted by Crippen LogP contribution is 2.30. The molecule has 0 bridgehead atoms. The summed E-state index contributed by atoms with van der Waals surface area (Å²) in [5.41, 5.74) is 1.19. The maximum absolute atomic E-state index is 13.0. The maximum Gasteiger partial charge on any atom is 0.321 e. The number of amides is 1. The second kappa shape index (κ2) is 11.6. The Morgan fingerprint density at radius 1 is 0.917 bits per heavy atom. The number of unbranched alkanes of at least 4 members (excludes halogenated alkanes) is 1. The van der Waals surface area contributed by atoms with Gasteiger partial charge in [0.15, 0.2) is 0 Å². The predicted molar refractivity (Wildman–Crippen MR) is 139 cm³/mol. The number of carboxylic acid groups (broad SMARTS) is 1. The fourth-order valence-electron chi connectivity index (χ4n) is 3.78. The third kappa shape index (κ3) is 6.45. The highest BCUT2D eigenvalue weighted by Gasteiger charge is 2.25. The molecule has 0 spiro atoms. The summed E-state index contributed by atoms with van der Waals surface area (Å²) in [6.45, 7) is 0.386. The van der Waals surface area contributed by atoms with Crippen molar-refractivity contribution >= 4 is 55.6 Å².